The fourth-order valence-electron chi connectivity index (χ4n) is 3.61. The number of rotatable bonds is 6. The van der Waals surface area contributed by atoms with Crippen LogP contribution in [-0.4, -0.2) is 54.5 Å². The Bertz CT molecular complexity index is 378. The third-order valence-corrected chi connectivity index (χ3v) is 4.47. The number of ether oxygens (including phenoxy) is 2. The molecule has 2 unspecified atom stereocenters. The lowest BCUT2D eigenvalue weighted by molar-refractivity contribution is 0.00431. The van der Waals surface area contributed by atoms with E-state index in [1.807, 2.05) is 25.7 Å². The summed E-state index contributed by atoms with van der Waals surface area (Å²) in [6.07, 6.45) is 4.13. The SMILES string of the molecule is CC(C)COCCNC1CC2CCC(C1)N2C(=O)OC(C)(C)C. The second kappa shape index (κ2) is 7.84. The van der Waals surface area contributed by atoms with Crippen LogP contribution in [0.3, 0.4) is 0 Å². The third kappa shape index (κ3) is 5.64. The Morgan fingerprint density at radius 1 is 1.22 bits per heavy atom. The molecule has 2 heterocycles. The van der Waals surface area contributed by atoms with E-state index in [9.17, 15) is 4.79 Å². The van der Waals surface area contributed by atoms with Gasteiger partial charge in [0.1, 0.15) is 5.60 Å². The summed E-state index contributed by atoms with van der Waals surface area (Å²) in [5, 5.41) is 3.60. The summed E-state index contributed by atoms with van der Waals surface area (Å²) in [4.78, 5) is 14.4. The first-order chi connectivity index (χ1) is 10.8. The van der Waals surface area contributed by atoms with Crippen LogP contribution in [0.2, 0.25) is 0 Å². The Kier molecular flexibility index (Phi) is 6.32. The maximum atomic E-state index is 12.4. The van der Waals surface area contributed by atoms with E-state index in [2.05, 4.69) is 19.2 Å². The molecule has 2 rings (SSSR count). The Labute approximate surface area is 141 Å². The molecule has 2 atom stereocenters. The zero-order chi connectivity index (χ0) is 17.0. The quantitative estimate of drug-likeness (QED) is 0.762. The molecule has 23 heavy (non-hydrogen) atoms. The normalized spacial score (nSPS) is 27.6. The van der Waals surface area contributed by atoms with Crippen molar-refractivity contribution in [2.45, 2.75) is 84.0 Å². The highest BCUT2D eigenvalue weighted by Gasteiger charge is 2.44. The molecule has 1 N–H and O–H groups in total. The maximum absolute atomic E-state index is 12.4. The molecule has 0 aliphatic carbocycles. The van der Waals surface area contributed by atoms with Gasteiger partial charge in [-0.25, -0.2) is 4.79 Å². The van der Waals surface area contributed by atoms with Gasteiger partial charge in [-0.2, -0.15) is 0 Å². The minimum Gasteiger partial charge on any atom is -0.444 e. The topological polar surface area (TPSA) is 50.8 Å². The number of carbonyl (C=O) groups is 1. The largest absolute Gasteiger partial charge is 0.444 e. The number of piperidine rings is 1. The van der Waals surface area contributed by atoms with Gasteiger partial charge in [0, 0.05) is 31.3 Å². The third-order valence-electron chi connectivity index (χ3n) is 4.47. The molecule has 134 valence electrons. The van der Waals surface area contributed by atoms with Crippen LogP contribution in [-0.2, 0) is 9.47 Å². The van der Waals surface area contributed by atoms with Crippen molar-refractivity contribution in [2.24, 2.45) is 5.92 Å². The van der Waals surface area contributed by atoms with Crippen molar-refractivity contribution in [1.82, 2.24) is 10.2 Å². The number of amides is 1. The Balaban J connectivity index is 1.75. The number of fused-ring (bicyclic) bond motifs is 2. The molecule has 2 aliphatic heterocycles. The van der Waals surface area contributed by atoms with E-state index in [1.165, 1.54) is 0 Å². The van der Waals surface area contributed by atoms with Gasteiger partial charge in [-0.05, 0) is 52.4 Å². The van der Waals surface area contributed by atoms with Crippen LogP contribution in [0.25, 0.3) is 0 Å². The Morgan fingerprint density at radius 3 is 2.35 bits per heavy atom. The maximum Gasteiger partial charge on any atom is 0.410 e. The molecule has 1 amide bonds. The summed E-state index contributed by atoms with van der Waals surface area (Å²) in [5.41, 5.74) is -0.417. The van der Waals surface area contributed by atoms with Crippen LogP contribution in [0.1, 0.15) is 60.3 Å². The lowest BCUT2D eigenvalue weighted by Gasteiger charge is -2.39. The molecule has 0 radical (unpaired) electrons. The average Bonchev–Trinajstić information content (AvgIpc) is 2.68. The van der Waals surface area contributed by atoms with E-state index in [0.29, 0.717) is 24.0 Å². The van der Waals surface area contributed by atoms with Crippen molar-refractivity contribution in [3.63, 3.8) is 0 Å². The molecule has 2 saturated heterocycles. The van der Waals surface area contributed by atoms with Gasteiger partial charge >= 0.3 is 6.09 Å². The van der Waals surface area contributed by atoms with Gasteiger partial charge in [-0.1, -0.05) is 13.8 Å². The number of hydrogen-bond acceptors (Lipinski definition) is 4. The van der Waals surface area contributed by atoms with Crippen LogP contribution in [0.5, 0.6) is 0 Å². The van der Waals surface area contributed by atoms with E-state index in [-0.39, 0.29) is 6.09 Å². The van der Waals surface area contributed by atoms with Crippen molar-refractivity contribution >= 4 is 6.09 Å². The first-order valence-electron chi connectivity index (χ1n) is 9.08. The Morgan fingerprint density at radius 2 is 1.83 bits per heavy atom. The lowest BCUT2D eigenvalue weighted by Crippen LogP contribution is -2.52. The fraction of sp³-hybridized carbons (Fsp3) is 0.944. The summed E-state index contributed by atoms with van der Waals surface area (Å²) in [7, 11) is 0. The van der Waals surface area contributed by atoms with Crippen molar-refractivity contribution in [3.8, 4) is 0 Å². The molecule has 0 saturated carbocycles. The van der Waals surface area contributed by atoms with E-state index >= 15 is 0 Å². The van der Waals surface area contributed by atoms with E-state index in [0.717, 1.165) is 45.4 Å². The highest BCUT2D eigenvalue weighted by molar-refractivity contribution is 5.69. The molecule has 5 nitrogen and oxygen atoms in total. The smallest absolute Gasteiger partial charge is 0.410 e. The van der Waals surface area contributed by atoms with Crippen molar-refractivity contribution < 1.29 is 14.3 Å². The van der Waals surface area contributed by atoms with Gasteiger partial charge < -0.3 is 19.7 Å². The second-order valence-corrected chi connectivity index (χ2v) is 8.36. The fourth-order valence-corrected chi connectivity index (χ4v) is 3.61. The summed E-state index contributed by atoms with van der Waals surface area (Å²) in [5.74, 6) is 0.586. The van der Waals surface area contributed by atoms with E-state index in [4.69, 9.17) is 9.47 Å². The number of carbonyl (C=O) groups excluding carboxylic acids is 1. The van der Waals surface area contributed by atoms with Crippen LogP contribution in [0, 0.1) is 5.92 Å². The molecular formula is C18H34N2O3. The van der Waals surface area contributed by atoms with E-state index in [1.54, 1.807) is 0 Å². The van der Waals surface area contributed by atoms with Gasteiger partial charge in [0.15, 0.2) is 0 Å². The van der Waals surface area contributed by atoms with Crippen molar-refractivity contribution in [1.29, 1.82) is 0 Å². The Hall–Kier alpha value is -0.810. The zero-order valence-corrected chi connectivity index (χ0v) is 15.4. The first-order valence-corrected chi connectivity index (χ1v) is 9.08. The van der Waals surface area contributed by atoms with Gasteiger partial charge in [0.25, 0.3) is 0 Å². The first kappa shape index (κ1) is 18.5. The van der Waals surface area contributed by atoms with Gasteiger partial charge in [-0.3, -0.25) is 0 Å². The summed E-state index contributed by atoms with van der Waals surface area (Å²) >= 11 is 0. The van der Waals surface area contributed by atoms with Gasteiger partial charge in [0.05, 0.1) is 6.61 Å². The lowest BCUT2D eigenvalue weighted by atomic mass is 9.98. The zero-order valence-electron chi connectivity index (χ0n) is 15.4. The van der Waals surface area contributed by atoms with Crippen LogP contribution < -0.4 is 5.32 Å². The van der Waals surface area contributed by atoms with Gasteiger partial charge in [-0.15, -0.1) is 0 Å². The molecule has 2 fully saturated rings. The average molecular weight is 326 g/mol. The van der Waals surface area contributed by atoms with Crippen LogP contribution in [0.15, 0.2) is 0 Å². The summed E-state index contributed by atoms with van der Waals surface area (Å²) in [6, 6.07) is 1.16. The molecule has 0 aromatic heterocycles. The molecule has 0 spiro atoms. The minimum absolute atomic E-state index is 0.135. The number of nitrogens with one attached hydrogen (secondary N) is 1. The van der Waals surface area contributed by atoms with Crippen molar-refractivity contribution in [3.05, 3.63) is 0 Å². The molecule has 0 aromatic carbocycles. The summed E-state index contributed by atoms with van der Waals surface area (Å²) in [6.45, 7) is 12.6. The van der Waals surface area contributed by atoms with Crippen LogP contribution in [0.4, 0.5) is 4.79 Å². The van der Waals surface area contributed by atoms with Gasteiger partial charge in [0.2, 0.25) is 0 Å². The predicted molar refractivity (Wildman–Crippen MR) is 91.6 cm³/mol. The molecular weight excluding hydrogens is 292 g/mol. The number of hydrogen-bond donors (Lipinski definition) is 1. The van der Waals surface area contributed by atoms with Crippen LogP contribution >= 0.6 is 0 Å². The number of nitrogens with zero attached hydrogens (tertiary/aromatic N) is 1. The second-order valence-electron chi connectivity index (χ2n) is 8.36. The summed E-state index contributed by atoms with van der Waals surface area (Å²) < 4.78 is 11.2. The predicted octanol–water partition coefficient (Wildman–Crippen LogP) is 3.18. The highest BCUT2D eigenvalue weighted by atomic mass is 16.6. The molecule has 2 aliphatic rings. The standard InChI is InChI=1S/C18H34N2O3/c1-13(2)12-22-9-8-19-14-10-15-6-7-16(11-14)20(15)17(21)23-18(3,4)5/h13-16,19H,6-12H2,1-5H3. The monoisotopic (exact) mass is 326 g/mol. The minimum atomic E-state index is -0.417. The van der Waals surface area contributed by atoms with E-state index < -0.39 is 5.60 Å². The highest BCUT2D eigenvalue weighted by Crippen LogP contribution is 2.36. The van der Waals surface area contributed by atoms with Crippen molar-refractivity contribution in [2.75, 3.05) is 19.8 Å². The molecule has 2 bridgehead atoms. The molecule has 5 heteroatoms. The molecule has 0 aromatic rings.